The van der Waals surface area contributed by atoms with Crippen LogP contribution in [0.3, 0.4) is 0 Å². The van der Waals surface area contributed by atoms with E-state index in [-0.39, 0.29) is 5.78 Å². The molecule has 16 heavy (non-hydrogen) atoms. The molecular formula is C13H12O3. The van der Waals surface area contributed by atoms with Crippen LogP contribution in [-0.2, 0) is 9.53 Å². The van der Waals surface area contributed by atoms with Gasteiger partial charge in [0.1, 0.15) is 5.76 Å². The van der Waals surface area contributed by atoms with E-state index in [0.717, 1.165) is 5.56 Å². The predicted molar refractivity (Wildman–Crippen MR) is 58.9 cm³/mol. The molecule has 0 aromatic heterocycles. The number of carbonyl (C=O) groups is 2. The summed E-state index contributed by atoms with van der Waals surface area (Å²) in [5, 5.41) is 0. The van der Waals surface area contributed by atoms with Crippen LogP contribution in [0, 0.1) is 6.92 Å². The van der Waals surface area contributed by atoms with Gasteiger partial charge in [0.05, 0.1) is 5.56 Å². The second-order valence-corrected chi connectivity index (χ2v) is 3.84. The van der Waals surface area contributed by atoms with Crippen LogP contribution in [-0.4, -0.2) is 11.8 Å². The maximum atomic E-state index is 11.7. The van der Waals surface area contributed by atoms with Gasteiger partial charge in [0.25, 0.3) is 0 Å². The van der Waals surface area contributed by atoms with Gasteiger partial charge in [-0.05, 0) is 19.1 Å². The van der Waals surface area contributed by atoms with Crippen molar-refractivity contribution in [3.63, 3.8) is 0 Å². The Labute approximate surface area is 93.7 Å². The molecule has 3 nitrogen and oxygen atoms in total. The zero-order valence-electron chi connectivity index (χ0n) is 9.03. The van der Waals surface area contributed by atoms with Gasteiger partial charge in [-0.15, -0.1) is 0 Å². The fourth-order valence-electron chi connectivity index (χ4n) is 1.60. The Morgan fingerprint density at radius 1 is 1.31 bits per heavy atom. The average Bonchev–Trinajstić information content (AvgIpc) is 2.64. The molecule has 0 heterocycles. The minimum atomic E-state index is -0.398. The van der Waals surface area contributed by atoms with E-state index in [0.29, 0.717) is 24.2 Å². The van der Waals surface area contributed by atoms with E-state index in [1.807, 2.05) is 13.0 Å². The molecule has 0 saturated carbocycles. The molecule has 0 unspecified atom stereocenters. The molecule has 1 aliphatic carbocycles. The third-order valence-corrected chi connectivity index (χ3v) is 2.42. The SMILES string of the molecule is Cc1cccc(C(=O)OC2=CC(=O)CC2)c1. The summed E-state index contributed by atoms with van der Waals surface area (Å²) in [5.41, 5.74) is 1.52. The summed E-state index contributed by atoms with van der Waals surface area (Å²) < 4.78 is 5.12. The average molecular weight is 216 g/mol. The van der Waals surface area contributed by atoms with Crippen molar-refractivity contribution in [2.45, 2.75) is 19.8 Å². The van der Waals surface area contributed by atoms with E-state index in [9.17, 15) is 9.59 Å². The van der Waals surface area contributed by atoms with Crippen LogP contribution in [0.1, 0.15) is 28.8 Å². The lowest BCUT2D eigenvalue weighted by atomic mass is 10.1. The van der Waals surface area contributed by atoms with Crippen molar-refractivity contribution in [3.8, 4) is 0 Å². The molecule has 1 aromatic carbocycles. The van der Waals surface area contributed by atoms with Gasteiger partial charge in [-0.25, -0.2) is 4.79 Å². The molecule has 1 aliphatic rings. The van der Waals surface area contributed by atoms with E-state index >= 15 is 0 Å². The third-order valence-electron chi connectivity index (χ3n) is 2.42. The van der Waals surface area contributed by atoms with E-state index in [1.165, 1.54) is 6.08 Å². The maximum absolute atomic E-state index is 11.7. The molecule has 1 aromatic rings. The van der Waals surface area contributed by atoms with Crippen molar-refractivity contribution in [1.29, 1.82) is 0 Å². The molecule has 0 radical (unpaired) electrons. The molecule has 0 atom stereocenters. The molecule has 0 spiro atoms. The summed E-state index contributed by atoms with van der Waals surface area (Å²) in [7, 11) is 0. The van der Waals surface area contributed by atoms with Crippen molar-refractivity contribution in [2.24, 2.45) is 0 Å². The fraction of sp³-hybridized carbons (Fsp3) is 0.231. The molecule has 0 bridgehead atoms. The van der Waals surface area contributed by atoms with Gasteiger partial charge < -0.3 is 4.74 Å². The zero-order chi connectivity index (χ0) is 11.5. The molecule has 3 heteroatoms. The van der Waals surface area contributed by atoms with Gasteiger partial charge >= 0.3 is 5.97 Å². The number of ketones is 1. The number of benzene rings is 1. The van der Waals surface area contributed by atoms with Gasteiger partial charge in [-0.3, -0.25) is 4.79 Å². The molecular weight excluding hydrogens is 204 g/mol. The number of ether oxygens (including phenoxy) is 1. The van der Waals surface area contributed by atoms with Crippen LogP contribution in [0.4, 0.5) is 0 Å². The van der Waals surface area contributed by atoms with Crippen LogP contribution in [0.15, 0.2) is 36.1 Å². The van der Waals surface area contributed by atoms with Crippen molar-refractivity contribution >= 4 is 11.8 Å². The first kappa shape index (κ1) is 10.6. The van der Waals surface area contributed by atoms with Crippen molar-refractivity contribution < 1.29 is 14.3 Å². The van der Waals surface area contributed by atoms with Gasteiger partial charge in [-0.2, -0.15) is 0 Å². The van der Waals surface area contributed by atoms with Crippen molar-refractivity contribution in [2.75, 3.05) is 0 Å². The normalized spacial score (nSPS) is 14.8. The summed E-state index contributed by atoms with van der Waals surface area (Å²) in [4.78, 5) is 22.6. The number of esters is 1. The summed E-state index contributed by atoms with van der Waals surface area (Å²) in [5.74, 6) is 0.0909. The Balaban J connectivity index is 2.09. The Morgan fingerprint density at radius 3 is 2.75 bits per heavy atom. The summed E-state index contributed by atoms with van der Waals surface area (Å²) >= 11 is 0. The van der Waals surface area contributed by atoms with Crippen LogP contribution in [0.2, 0.25) is 0 Å². The van der Waals surface area contributed by atoms with Crippen molar-refractivity contribution in [3.05, 3.63) is 47.2 Å². The standard InChI is InChI=1S/C13H12O3/c1-9-3-2-4-10(7-9)13(15)16-12-6-5-11(14)8-12/h2-4,7-8H,5-6H2,1H3. The van der Waals surface area contributed by atoms with Crippen molar-refractivity contribution in [1.82, 2.24) is 0 Å². The smallest absolute Gasteiger partial charge is 0.343 e. The highest BCUT2D eigenvalue weighted by Gasteiger charge is 2.17. The summed E-state index contributed by atoms with van der Waals surface area (Å²) in [6, 6.07) is 7.18. The predicted octanol–water partition coefficient (Wildman–Crippen LogP) is 2.40. The second kappa shape index (κ2) is 4.31. The Hall–Kier alpha value is -1.90. The lowest BCUT2D eigenvalue weighted by Crippen LogP contribution is -2.04. The van der Waals surface area contributed by atoms with Gasteiger partial charge in [0, 0.05) is 18.9 Å². The third kappa shape index (κ3) is 2.37. The Bertz CT molecular complexity index is 472. The summed E-state index contributed by atoms with van der Waals surface area (Å²) in [6.07, 6.45) is 2.36. The van der Waals surface area contributed by atoms with Crippen LogP contribution in [0.25, 0.3) is 0 Å². The number of aryl methyl sites for hydroxylation is 1. The van der Waals surface area contributed by atoms with Crippen LogP contribution in [0.5, 0.6) is 0 Å². The molecule has 0 aliphatic heterocycles. The monoisotopic (exact) mass is 216 g/mol. The summed E-state index contributed by atoms with van der Waals surface area (Å²) in [6.45, 7) is 1.91. The van der Waals surface area contributed by atoms with E-state index < -0.39 is 5.97 Å². The lowest BCUT2D eigenvalue weighted by Gasteiger charge is -2.04. The highest BCUT2D eigenvalue weighted by atomic mass is 16.5. The number of hydrogen-bond donors (Lipinski definition) is 0. The molecule has 2 rings (SSSR count). The lowest BCUT2D eigenvalue weighted by molar-refractivity contribution is -0.114. The van der Waals surface area contributed by atoms with E-state index in [1.54, 1.807) is 18.2 Å². The molecule has 0 saturated heterocycles. The molecule has 0 N–H and O–H groups in total. The van der Waals surface area contributed by atoms with E-state index in [2.05, 4.69) is 0 Å². The Morgan fingerprint density at radius 2 is 2.12 bits per heavy atom. The first-order chi connectivity index (χ1) is 7.65. The zero-order valence-corrected chi connectivity index (χ0v) is 9.03. The first-order valence-corrected chi connectivity index (χ1v) is 5.17. The highest BCUT2D eigenvalue weighted by molar-refractivity contribution is 5.95. The first-order valence-electron chi connectivity index (χ1n) is 5.17. The van der Waals surface area contributed by atoms with Gasteiger partial charge in [0.15, 0.2) is 5.78 Å². The number of hydrogen-bond acceptors (Lipinski definition) is 3. The van der Waals surface area contributed by atoms with E-state index in [4.69, 9.17) is 4.74 Å². The van der Waals surface area contributed by atoms with Gasteiger partial charge in [-0.1, -0.05) is 17.7 Å². The quantitative estimate of drug-likeness (QED) is 0.713. The highest BCUT2D eigenvalue weighted by Crippen LogP contribution is 2.18. The minimum Gasteiger partial charge on any atom is -0.427 e. The minimum absolute atomic E-state index is 0.0204. The topological polar surface area (TPSA) is 43.4 Å². The number of carbonyl (C=O) groups excluding carboxylic acids is 2. The number of allylic oxidation sites excluding steroid dienone is 2. The molecule has 82 valence electrons. The van der Waals surface area contributed by atoms with Crippen LogP contribution < -0.4 is 0 Å². The Kier molecular flexibility index (Phi) is 2.86. The second-order valence-electron chi connectivity index (χ2n) is 3.84. The van der Waals surface area contributed by atoms with Gasteiger partial charge in [0.2, 0.25) is 0 Å². The maximum Gasteiger partial charge on any atom is 0.343 e. The molecule has 0 amide bonds. The number of rotatable bonds is 2. The largest absolute Gasteiger partial charge is 0.427 e. The molecule has 0 fully saturated rings. The van der Waals surface area contributed by atoms with Crippen LogP contribution >= 0.6 is 0 Å². The fourth-order valence-corrected chi connectivity index (χ4v) is 1.60.